The van der Waals surface area contributed by atoms with Gasteiger partial charge in [-0.25, -0.2) is 0 Å². The number of nitrogens with zero attached hydrogens (tertiary/aromatic N) is 3. The van der Waals surface area contributed by atoms with Crippen LogP contribution in [0.4, 0.5) is 0 Å². The number of thioether (sulfide) groups is 1. The van der Waals surface area contributed by atoms with E-state index in [2.05, 4.69) is 25.7 Å². The monoisotopic (exact) mass is 403 g/mol. The zero-order valence-corrected chi connectivity index (χ0v) is 18.2. The summed E-state index contributed by atoms with van der Waals surface area (Å²) in [6.07, 6.45) is 3.45. The van der Waals surface area contributed by atoms with Gasteiger partial charge >= 0.3 is 0 Å². The number of hydrogen-bond donors (Lipinski definition) is 0. The lowest BCUT2D eigenvalue weighted by molar-refractivity contribution is -0.136. The van der Waals surface area contributed by atoms with Gasteiger partial charge in [-0.05, 0) is 38.3 Å². The summed E-state index contributed by atoms with van der Waals surface area (Å²) in [5.74, 6) is 0.352. The quantitative estimate of drug-likeness (QED) is 0.707. The van der Waals surface area contributed by atoms with Crippen LogP contribution in [0.5, 0.6) is 0 Å². The minimum Gasteiger partial charge on any atom is -0.339 e. The van der Waals surface area contributed by atoms with E-state index in [0.717, 1.165) is 42.9 Å². The lowest BCUT2D eigenvalue weighted by Gasteiger charge is -2.38. The SMILES string of the molecule is CC(C)Sc1ccccc1C(=O)N1CCN(CC(=O)N2CCCCC2C)CC1. The van der Waals surface area contributed by atoms with Crippen molar-refractivity contribution in [1.29, 1.82) is 0 Å². The second kappa shape index (κ2) is 9.79. The first-order valence-corrected chi connectivity index (χ1v) is 11.4. The summed E-state index contributed by atoms with van der Waals surface area (Å²) in [6.45, 7) is 10.7. The number of carbonyl (C=O) groups is 2. The summed E-state index contributed by atoms with van der Waals surface area (Å²) in [7, 11) is 0. The van der Waals surface area contributed by atoms with Crippen molar-refractivity contribution in [3.05, 3.63) is 29.8 Å². The number of piperazine rings is 1. The number of piperidine rings is 1. The fourth-order valence-corrected chi connectivity index (χ4v) is 4.98. The average molecular weight is 404 g/mol. The first-order chi connectivity index (χ1) is 13.5. The van der Waals surface area contributed by atoms with Gasteiger partial charge in [0, 0.05) is 48.9 Å². The fourth-order valence-electron chi connectivity index (χ4n) is 4.03. The van der Waals surface area contributed by atoms with Crippen molar-refractivity contribution in [2.45, 2.75) is 56.2 Å². The molecule has 0 saturated carbocycles. The fraction of sp³-hybridized carbons (Fsp3) is 0.636. The normalized spacial score (nSPS) is 21.2. The molecule has 2 fully saturated rings. The summed E-state index contributed by atoms with van der Waals surface area (Å²) < 4.78 is 0. The van der Waals surface area contributed by atoms with E-state index in [9.17, 15) is 9.59 Å². The van der Waals surface area contributed by atoms with E-state index in [1.807, 2.05) is 34.1 Å². The Morgan fingerprint density at radius 3 is 2.46 bits per heavy atom. The van der Waals surface area contributed by atoms with Crippen LogP contribution in [0.2, 0.25) is 0 Å². The van der Waals surface area contributed by atoms with Gasteiger partial charge in [0.2, 0.25) is 5.91 Å². The van der Waals surface area contributed by atoms with Gasteiger partial charge in [-0.2, -0.15) is 0 Å². The number of likely N-dealkylation sites (tertiary alicyclic amines) is 1. The average Bonchev–Trinajstić information content (AvgIpc) is 2.68. The molecule has 2 aliphatic heterocycles. The molecule has 0 aromatic heterocycles. The first kappa shape index (κ1) is 21.2. The van der Waals surface area contributed by atoms with Gasteiger partial charge in [0.25, 0.3) is 5.91 Å². The maximum absolute atomic E-state index is 13.0. The van der Waals surface area contributed by atoms with E-state index in [-0.39, 0.29) is 11.8 Å². The van der Waals surface area contributed by atoms with Crippen molar-refractivity contribution in [2.24, 2.45) is 0 Å². The molecule has 28 heavy (non-hydrogen) atoms. The molecule has 0 N–H and O–H groups in total. The van der Waals surface area contributed by atoms with Crippen LogP contribution < -0.4 is 0 Å². The van der Waals surface area contributed by atoms with Crippen molar-refractivity contribution in [3.63, 3.8) is 0 Å². The van der Waals surface area contributed by atoms with Crippen LogP contribution in [0.3, 0.4) is 0 Å². The molecular weight excluding hydrogens is 370 g/mol. The molecule has 0 aliphatic carbocycles. The maximum atomic E-state index is 13.0. The highest BCUT2D eigenvalue weighted by Gasteiger charge is 2.28. The molecule has 0 spiro atoms. The van der Waals surface area contributed by atoms with E-state index < -0.39 is 0 Å². The van der Waals surface area contributed by atoms with Crippen molar-refractivity contribution in [2.75, 3.05) is 39.3 Å². The predicted molar refractivity (Wildman–Crippen MR) is 115 cm³/mol. The molecule has 154 valence electrons. The molecule has 1 aromatic rings. The summed E-state index contributed by atoms with van der Waals surface area (Å²) in [5.41, 5.74) is 0.799. The summed E-state index contributed by atoms with van der Waals surface area (Å²) in [6, 6.07) is 8.26. The van der Waals surface area contributed by atoms with Crippen LogP contribution in [0.1, 0.15) is 50.4 Å². The third-order valence-electron chi connectivity index (χ3n) is 5.62. The molecule has 1 atom stereocenters. The van der Waals surface area contributed by atoms with Crippen molar-refractivity contribution >= 4 is 23.6 Å². The minimum absolute atomic E-state index is 0.111. The Bertz CT molecular complexity index is 686. The van der Waals surface area contributed by atoms with E-state index in [0.29, 0.717) is 30.9 Å². The third kappa shape index (κ3) is 5.29. The molecule has 2 aliphatic rings. The lowest BCUT2D eigenvalue weighted by Crippen LogP contribution is -2.53. The van der Waals surface area contributed by atoms with Crippen molar-refractivity contribution < 1.29 is 9.59 Å². The molecule has 1 aromatic carbocycles. The van der Waals surface area contributed by atoms with Gasteiger partial charge in [0.05, 0.1) is 12.1 Å². The van der Waals surface area contributed by atoms with Crippen LogP contribution in [0.15, 0.2) is 29.2 Å². The molecule has 2 heterocycles. The third-order valence-corrected chi connectivity index (χ3v) is 6.70. The number of benzene rings is 1. The van der Waals surface area contributed by atoms with Gasteiger partial charge in [-0.3, -0.25) is 14.5 Å². The zero-order valence-electron chi connectivity index (χ0n) is 17.4. The smallest absolute Gasteiger partial charge is 0.255 e. The number of amides is 2. The number of rotatable bonds is 5. The highest BCUT2D eigenvalue weighted by molar-refractivity contribution is 8.00. The summed E-state index contributed by atoms with van der Waals surface area (Å²) in [5, 5.41) is 0.439. The van der Waals surface area contributed by atoms with Crippen LogP contribution in [-0.2, 0) is 4.79 Å². The number of hydrogen-bond acceptors (Lipinski definition) is 4. The first-order valence-electron chi connectivity index (χ1n) is 10.5. The molecule has 6 heteroatoms. The second-order valence-electron chi connectivity index (χ2n) is 8.16. The van der Waals surface area contributed by atoms with E-state index in [1.165, 1.54) is 6.42 Å². The molecule has 5 nitrogen and oxygen atoms in total. The van der Waals surface area contributed by atoms with Gasteiger partial charge in [-0.1, -0.05) is 26.0 Å². The van der Waals surface area contributed by atoms with Crippen LogP contribution in [0, 0.1) is 0 Å². The van der Waals surface area contributed by atoms with Crippen molar-refractivity contribution in [3.8, 4) is 0 Å². The summed E-state index contributed by atoms with van der Waals surface area (Å²) in [4.78, 5) is 32.9. The van der Waals surface area contributed by atoms with Gasteiger partial charge in [-0.15, -0.1) is 11.8 Å². The molecular formula is C22H33N3O2S. The Hall–Kier alpha value is -1.53. The van der Waals surface area contributed by atoms with Crippen LogP contribution in [0.25, 0.3) is 0 Å². The molecule has 2 saturated heterocycles. The van der Waals surface area contributed by atoms with E-state index in [1.54, 1.807) is 11.8 Å². The Labute approximate surface area is 173 Å². The zero-order chi connectivity index (χ0) is 20.1. The van der Waals surface area contributed by atoms with Crippen LogP contribution in [-0.4, -0.2) is 77.1 Å². The van der Waals surface area contributed by atoms with Gasteiger partial charge < -0.3 is 9.80 Å². The molecule has 3 rings (SSSR count). The molecule has 1 unspecified atom stereocenters. The molecule has 0 radical (unpaired) electrons. The predicted octanol–water partition coefficient (Wildman–Crippen LogP) is 3.35. The van der Waals surface area contributed by atoms with E-state index in [4.69, 9.17) is 0 Å². The highest BCUT2D eigenvalue weighted by atomic mass is 32.2. The Kier molecular flexibility index (Phi) is 7.41. The molecule has 0 bridgehead atoms. The topological polar surface area (TPSA) is 43.9 Å². The number of carbonyl (C=O) groups excluding carboxylic acids is 2. The minimum atomic E-state index is 0.111. The van der Waals surface area contributed by atoms with Crippen LogP contribution >= 0.6 is 11.8 Å². The lowest BCUT2D eigenvalue weighted by atomic mass is 10.0. The maximum Gasteiger partial charge on any atom is 0.255 e. The molecule has 2 amide bonds. The van der Waals surface area contributed by atoms with Crippen molar-refractivity contribution in [1.82, 2.24) is 14.7 Å². The highest BCUT2D eigenvalue weighted by Crippen LogP contribution is 2.27. The van der Waals surface area contributed by atoms with Gasteiger partial charge in [0.15, 0.2) is 0 Å². The standard InChI is InChI=1S/C22H33N3O2S/c1-17(2)28-20-10-5-4-9-19(20)22(27)24-14-12-23(13-15-24)16-21(26)25-11-7-6-8-18(25)3/h4-5,9-10,17-18H,6-8,11-16H2,1-3H3. The Morgan fingerprint density at radius 1 is 1.07 bits per heavy atom. The Morgan fingerprint density at radius 2 is 1.79 bits per heavy atom. The largest absolute Gasteiger partial charge is 0.339 e. The summed E-state index contributed by atoms with van der Waals surface area (Å²) >= 11 is 1.73. The second-order valence-corrected chi connectivity index (χ2v) is 9.78. The Balaban J connectivity index is 1.54. The van der Waals surface area contributed by atoms with Gasteiger partial charge in [0.1, 0.15) is 0 Å². The van der Waals surface area contributed by atoms with E-state index >= 15 is 0 Å².